The molecule has 3 aliphatic heterocycles. The second-order valence-electron chi connectivity index (χ2n) is 11.5. The molecule has 10 nitrogen and oxygen atoms in total. The number of esters is 1. The van der Waals surface area contributed by atoms with Gasteiger partial charge in [0.05, 0.1) is 30.6 Å². The maximum absolute atomic E-state index is 14.4. The fraction of sp³-hybridized carbons (Fsp3) is 0.412. The summed E-state index contributed by atoms with van der Waals surface area (Å²) in [6.45, 7) is 7.04. The first kappa shape index (κ1) is 32.4. The molecule has 3 saturated heterocycles. The van der Waals surface area contributed by atoms with Gasteiger partial charge in [-0.2, -0.15) is 0 Å². The minimum absolute atomic E-state index is 0.0916. The molecule has 6 atom stereocenters. The molecule has 0 aliphatic carbocycles. The van der Waals surface area contributed by atoms with E-state index in [1.54, 1.807) is 36.4 Å². The molecule has 5 rings (SSSR count). The Morgan fingerprint density at radius 2 is 1.89 bits per heavy atom. The van der Waals surface area contributed by atoms with Crippen LogP contribution in [-0.2, 0) is 28.7 Å². The highest BCUT2D eigenvalue weighted by atomic mass is 35.5. The highest BCUT2D eigenvalue weighted by molar-refractivity contribution is 6.30. The lowest BCUT2D eigenvalue weighted by atomic mass is 9.70. The van der Waals surface area contributed by atoms with Crippen LogP contribution in [0.15, 0.2) is 79.9 Å². The van der Waals surface area contributed by atoms with E-state index in [0.29, 0.717) is 30.0 Å². The SMILES string of the molecule is C=CCCC(=O)OC[C@H](NC(=O)[C@@H]1[C@@H]2CC[C@]3(O2)[C@H](C(=O)N(CC=C)c2ccc(Cl)cc2)N(CCO)C(=O)[C@@H]13)c1ccccc1. The van der Waals surface area contributed by atoms with Crippen molar-refractivity contribution in [1.82, 2.24) is 10.2 Å². The van der Waals surface area contributed by atoms with Gasteiger partial charge in [0.15, 0.2) is 0 Å². The molecule has 2 N–H and O–H groups in total. The van der Waals surface area contributed by atoms with Crippen molar-refractivity contribution < 1.29 is 33.8 Å². The number of nitrogens with zero attached hydrogens (tertiary/aromatic N) is 2. The molecular weight excluding hydrogens is 598 g/mol. The fourth-order valence-corrected chi connectivity index (χ4v) is 7.07. The number of benzene rings is 2. The number of fused-ring (bicyclic) bond motifs is 1. The van der Waals surface area contributed by atoms with Crippen LogP contribution in [0.1, 0.15) is 37.3 Å². The summed E-state index contributed by atoms with van der Waals surface area (Å²) < 4.78 is 12.0. The van der Waals surface area contributed by atoms with Gasteiger partial charge in [-0.05, 0) is 49.1 Å². The zero-order valence-electron chi connectivity index (χ0n) is 25.0. The first-order valence-electron chi connectivity index (χ1n) is 15.1. The van der Waals surface area contributed by atoms with Crippen LogP contribution >= 0.6 is 11.6 Å². The number of anilines is 1. The van der Waals surface area contributed by atoms with E-state index in [2.05, 4.69) is 18.5 Å². The van der Waals surface area contributed by atoms with Gasteiger partial charge in [0.1, 0.15) is 18.2 Å². The number of allylic oxidation sites excluding steroid dienone is 1. The second-order valence-corrected chi connectivity index (χ2v) is 11.9. The summed E-state index contributed by atoms with van der Waals surface area (Å²) in [5, 5.41) is 13.4. The molecule has 45 heavy (non-hydrogen) atoms. The van der Waals surface area contributed by atoms with Gasteiger partial charge in [-0.15, -0.1) is 13.2 Å². The van der Waals surface area contributed by atoms with E-state index in [1.165, 1.54) is 9.80 Å². The largest absolute Gasteiger partial charge is 0.463 e. The first-order valence-corrected chi connectivity index (χ1v) is 15.5. The van der Waals surface area contributed by atoms with E-state index >= 15 is 0 Å². The van der Waals surface area contributed by atoms with Crippen molar-refractivity contribution in [2.45, 2.75) is 49.5 Å². The van der Waals surface area contributed by atoms with Gasteiger partial charge in [0.25, 0.3) is 5.91 Å². The summed E-state index contributed by atoms with van der Waals surface area (Å²) in [4.78, 5) is 57.7. The third-order valence-electron chi connectivity index (χ3n) is 8.88. The number of aliphatic hydroxyl groups is 1. The monoisotopic (exact) mass is 635 g/mol. The molecule has 2 bridgehead atoms. The van der Waals surface area contributed by atoms with Crippen molar-refractivity contribution >= 4 is 41.0 Å². The molecular formula is C34H38ClN3O7. The van der Waals surface area contributed by atoms with Crippen molar-refractivity contribution in [1.29, 1.82) is 0 Å². The maximum atomic E-state index is 14.4. The highest BCUT2D eigenvalue weighted by Gasteiger charge is 2.74. The quantitative estimate of drug-likeness (QED) is 0.240. The maximum Gasteiger partial charge on any atom is 0.306 e. The second kappa shape index (κ2) is 14.0. The van der Waals surface area contributed by atoms with Crippen molar-refractivity contribution in [3.05, 3.63) is 90.5 Å². The summed E-state index contributed by atoms with van der Waals surface area (Å²) in [7, 11) is 0. The number of hydrogen-bond acceptors (Lipinski definition) is 7. The van der Waals surface area contributed by atoms with Crippen LogP contribution < -0.4 is 10.2 Å². The third-order valence-corrected chi connectivity index (χ3v) is 9.13. The van der Waals surface area contributed by atoms with E-state index in [-0.39, 0.29) is 32.7 Å². The number of likely N-dealkylation sites (tertiary alicyclic amines) is 1. The Balaban J connectivity index is 1.43. The summed E-state index contributed by atoms with van der Waals surface area (Å²) >= 11 is 6.09. The van der Waals surface area contributed by atoms with Crippen LogP contribution in [0, 0.1) is 11.8 Å². The molecule has 3 aliphatic rings. The Morgan fingerprint density at radius 3 is 2.56 bits per heavy atom. The summed E-state index contributed by atoms with van der Waals surface area (Å²) in [5.74, 6) is -3.45. The van der Waals surface area contributed by atoms with Gasteiger partial charge < -0.3 is 29.7 Å². The van der Waals surface area contributed by atoms with Crippen molar-refractivity contribution in [3.63, 3.8) is 0 Å². The number of halogens is 1. The molecule has 3 fully saturated rings. The Labute approximate surface area is 267 Å². The number of aliphatic hydroxyl groups excluding tert-OH is 1. The van der Waals surface area contributed by atoms with E-state index in [0.717, 1.165) is 5.56 Å². The Bertz CT molecular complexity index is 1440. The molecule has 3 amide bonds. The Hall–Kier alpha value is -3.99. The third kappa shape index (κ3) is 6.27. The topological polar surface area (TPSA) is 125 Å². The molecule has 2 aromatic rings. The van der Waals surface area contributed by atoms with Crippen molar-refractivity contribution in [2.75, 3.05) is 31.2 Å². The lowest BCUT2D eigenvalue weighted by Gasteiger charge is -2.36. The van der Waals surface area contributed by atoms with Gasteiger partial charge in [0.2, 0.25) is 11.8 Å². The van der Waals surface area contributed by atoms with Crippen LogP contribution in [-0.4, -0.2) is 77.7 Å². The van der Waals surface area contributed by atoms with E-state index < -0.39 is 59.3 Å². The molecule has 0 unspecified atom stereocenters. The fourth-order valence-electron chi connectivity index (χ4n) is 6.94. The van der Waals surface area contributed by atoms with Crippen LogP contribution in [0.3, 0.4) is 0 Å². The van der Waals surface area contributed by atoms with Crippen molar-refractivity contribution in [2.24, 2.45) is 11.8 Å². The highest BCUT2D eigenvalue weighted by Crippen LogP contribution is 2.58. The molecule has 0 radical (unpaired) electrons. The number of nitrogens with one attached hydrogen (secondary N) is 1. The van der Waals surface area contributed by atoms with Crippen LogP contribution in [0.5, 0.6) is 0 Å². The summed E-state index contributed by atoms with van der Waals surface area (Å²) in [6, 6.07) is 14.2. The lowest BCUT2D eigenvalue weighted by Crippen LogP contribution is -2.57. The lowest BCUT2D eigenvalue weighted by molar-refractivity contribution is -0.146. The summed E-state index contributed by atoms with van der Waals surface area (Å²) in [5.41, 5.74) is 0.0500. The molecule has 1 spiro atoms. The van der Waals surface area contributed by atoms with Gasteiger partial charge in [-0.25, -0.2) is 0 Å². The molecule has 2 aromatic carbocycles. The molecule has 238 valence electrons. The minimum atomic E-state index is -1.25. The zero-order chi connectivity index (χ0) is 32.1. The zero-order valence-corrected chi connectivity index (χ0v) is 25.7. The van der Waals surface area contributed by atoms with Crippen LogP contribution in [0.4, 0.5) is 5.69 Å². The number of ether oxygens (including phenoxy) is 2. The number of hydrogen-bond donors (Lipinski definition) is 2. The van der Waals surface area contributed by atoms with Crippen molar-refractivity contribution in [3.8, 4) is 0 Å². The molecule has 11 heteroatoms. The molecule has 0 saturated carbocycles. The standard InChI is InChI=1S/C34H38ClN3O7/c1-3-5-11-27(40)44-21-25(22-9-7-6-8-10-22)36-31(41)28-26-16-17-34(45-26)29(28)32(42)38(19-20-39)30(34)33(43)37(18-4-2)24-14-12-23(35)13-15-24/h3-4,6-10,12-15,25-26,28-30,39H,1-2,5,11,16-21H2,(H,36,41)/t25-,26-,28+,29+,30-,34+/m0/s1. The minimum Gasteiger partial charge on any atom is -0.463 e. The first-order chi connectivity index (χ1) is 21.7. The van der Waals surface area contributed by atoms with Gasteiger partial charge in [-0.1, -0.05) is 54.1 Å². The number of amides is 3. The smallest absolute Gasteiger partial charge is 0.306 e. The van der Waals surface area contributed by atoms with E-state index in [9.17, 15) is 24.3 Å². The predicted octanol–water partition coefficient (Wildman–Crippen LogP) is 3.59. The Kier molecular flexibility index (Phi) is 10.1. The Morgan fingerprint density at radius 1 is 1.16 bits per heavy atom. The number of rotatable bonds is 14. The van der Waals surface area contributed by atoms with Crippen LogP contribution in [0.25, 0.3) is 0 Å². The number of carbonyl (C=O) groups excluding carboxylic acids is 4. The number of β-amino-alcohol motifs (C(OH)–C–C–N with tert-alkyl or cyclic N) is 1. The van der Waals surface area contributed by atoms with Gasteiger partial charge in [0, 0.05) is 30.2 Å². The van der Waals surface area contributed by atoms with Gasteiger partial charge >= 0.3 is 5.97 Å². The average molecular weight is 636 g/mol. The average Bonchev–Trinajstić information content (AvgIpc) is 3.69. The van der Waals surface area contributed by atoms with E-state index in [1.807, 2.05) is 30.3 Å². The van der Waals surface area contributed by atoms with E-state index in [4.69, 9.17) is 21.1 Å². The molecule has 3 heterocycles. The van der Waals surface area contributed by atoms with Gasteiger partial charge in [-0.3, -0.25) is 19.2 Å². The number of carbonyl (C=O) groups is 4. The molecule has 0 aromatic heterocycles. The predicted molar refractivity (Wildman–Crippen MR) is 168 cm³/mol. The normalized spacial score (nSPS) is 25.4. The van der Waals surface area contributed by atoms with Crippen LogP contribution in [0.2, 0.25) is 5.02 Å². The summed E-state index contributed by atoms with van der Waals surface area (Å²) in [6.07, 6.45) is 4.17.